The lowest BCUT2D eigenvalue weighted by molar-refractivity contribution is -0.136. The summed E-state index contributed by atoms with van der Waals surface area (Å²) in [4.78, 5) is 0. The first-order chi connectivity index (χ1) is 6.38. The maximum Gasteiger partial charge on any atom is 0.389 e. The molecule has 80 valence electrons. The van der Waals surface area contributed by atoms with Gasteiger partial charge in [-0.25, -0.2) is 0 Å². The van der Waals surface area contributed by atoms with E-state index in [1.807, 2.05) is 0 Å². The van der Waals surface area contributed by atoms with E-state index in [4.69, 9.17) is 10.2 Å². The van der Waals surface area contributed by atoms with Gasteiger partial charge >= 0.3 is 6.18 Å². The second kappa shape index (κ2) is 4.04. The second-order valence-electron chi connectivity index (χ2n) is 3.25. The number of rotatable bonds is 3. The van der Waals surface area contributed by atoms with Crippen LogP contribution in [0.25, 0.3) is 0 Å². The normalized spacial score (nSPS) is 14.4. The molecule has 5 heteroatoms. The maximum atomic E-state index is 11.9. The number of furan rings is 1. The van der Waals surface area contributed by atoms with Crippen LogP contribution >= 0.6 is 0 Å². The van der Waals surface area contributed by atoms with Crippen LogP contribution in [0.5, 0.6) is 0 Å². The zero-order valence-corrected chi connectivity index (χ0v) is 7.77. The van der Waals surface area contributed by atoms with Gasteiger partial charge in [-0.15, -0.1) is 0 Å². The Hall–Kier alpha value is -0.970. The van der Waals surface area contributed by atoms with E-state index in [9.17, 15) is 13.2 Å². The van der Waals surface area contributed by atoms with Crippen LogP contribution in [0.1, 0.15) is 30.2 Å². The lowest BCUT2D eigenvalue weighted by Gasteiger charge is -2.10. The summed E-state index contributed by atoms with van der Waals surface area (Å²) < 4.78 is 40.5. The first kappa shape index (κ1) is 11.1. The molecule has 1 heterocycles. The topological polar surface area (TPSA) is 39.2 Å². The van der Waals surface area contributed by atoms with Gasteiger partial charge in [-0.05, 0) is 19.4 Å². The molecule has 0 radical (unpaired) electrons. The molecule has 2 nitrogen and oxygen atoms in total. The van der Waals surface area contributed by atoms with Crippen LogP contribution in [0.3, 0.4) is 0 Å². The quantitative estimate of drug-likeness (QED) is 0.827. The third-order valence-corrected chi connectivity index (χ3v) is 1.92. The Bertz CT molecular complexity index is 292. The molecule has 0 amide bonds. The fourth-order valence-corrected chi connectivity index (χ4v) is 1.14. The highest BCUT2D eigenvalue weighted by Crippen LogP contribution is 2.26. The molecule has 0 spiro atoms. The molecule has 2 N–H and O–H groups in total. The van der Waals surface area contributed by atoms with Gasteiger partial charge in [0.1, 0.15) is 5.76 Å². The van der Waals surface area contributed by atoms with Crippen molar-refractivity contribution in [1.29, 1.82) is 0 Å². The summed E-state index contributed by atoms with van der Waals surface area (Å²) in [6.45, 7) is 1.72. The second-order valence-corrected chi connectivity index (χ2v) is 3.25. The first-order valence-corrected chi connectivity index (χ1v) is 4.26. The standard InChI is InChI=1S/C9H12F3NO/c1-6-4-7(5-14-6)8(13)2-3-9(10,11)12/h4-5,8H,2-3,13H2,1H3. The molecule has 1 aromatic rings. The van der Waals surface area contributed by atoms with Crippen LogP contribution in [-0.4, -0.2) is 6.18 Å². The highest BCUT2D eigenvalue weighted by Gasteiger charge is 2.28. The van der Waals surface area contributed by atoms with Crippen LogP contribution in [0.15, 0.2) is 16.7 Å². The van der Waals surface area contributed by atoms with Crippen molar-refractivity contribution in [2.75, 3.05) is 0 Å². The van der Waals surface area contributed by atoms with E-state index in [0.29, 0.717) is 11.3 Å². The van der Waals surface area contributed by atoms with Gasteiger partial charge in [-0.2, -0.15) is 13.2 Å². The van der Waals surface area contributed by atoms with Gasteiger partial charge in [0.25, 0.3) is 0 Å². The Morgan fingerprint density at radius 3 is 2.57 bits per heavy atom. The molecule has 0 saturated carbocycles. The molecular weight excluding hydrogens is 195 g/mol. The summed E-state index contributed by atoms with van der Waals surface area (Å²) in [5.41, 5.74) is 6.17. The van der Waals surface area contributed by atoms with Crippen molar-refractivity contribution in [2.45, 2.75) is 32.0 Å². The van der Waals surface area contributed by atoms with Crippen LogP contribution in [0.4, 0.5) is 13.2 Å². The Balaban J connectivity index is 2.47. The van der Waals surface area contributed by atoms with Gasteiger partial charge in [0, 0.05) is 18.0 Å². The van der Waals surface area contributed by atoms with Gasteiger partial charge in [-0.1, -0.05) is 0 Å². The van der Waals surface area contributed by atoms with E-state index in [0.717, 1.165) is 0 Å². The molecule has 0 aromatic carbocycles. The van der Waals surface area contributed by atoms with E-state index in [2.05, 4.69) is 0 Å². The smallest absolute Gasteiger partial charge is 0.389 e. The zero-order chi connectivity index (χ0) is 10.8. The van der Waals surface area contributed by atoms with E-state index in [-0.39, 0.29) is 6.42 Å². The average Bonchev–Trinajstić information content (AvgIpc) is 2.46. The Morgan fingerprint density at radius 1 is 1.50 bits per heavy atom. The minimum atomic E-state index is -4.14. The number of alkyl halides is 3. The van der Waals surface area contributed by atoms with E-state index in [1.54, 1.807) is 13.0 Å². The lowest BCUT2D eigenvalue weighted by Crippen LogP contribution is -2.15. The van der Waals surface area contributed by atoms with Gasteiger partial charge in [0.05, 0.1) is 6.26 Å². The number of aryl methyl sites for hydroxylation is 1. The number of hydrogen-bond acceptors (Lipinski definition) is 2. The predicted octanol–water partition coefficient (Wildman–Crippen LogP) is 2.93. The minimum absolute atomic E-state index is 0.109. The van der Waals surface area contributed by atoms with E-state index >= 15 is 0 Å². The molecule has 0 aliphatic rings. The van der Waals surface area contributed by atoms with E-state index < -0.39 is 18.6 Å². The summed E-state index contributed by atoms with van der Waals surface area (Å²) in [7, 11) is 0. The molecule has 1 unspecified atom stereocenters. The van der Waals surface area contributed by atoms with Gasteiger partial charge in [0.2, 0.25) is 0 Å². The number of nitrogens with two attached hydrogens (primary N) is 1. The molecule has 14 heavy (non-hydrogen) atoms. The van der Waals surface area contributed by atoms with Crippen molar-refractivity contribution in [2.24, 2.45) is 5.73 Å². The van der Waals surface area contributed by atoms with Crippen molar-refractivity contribution in [3.63, 3.8) is 0 Å². The fourth-order valence-electron chi connectivity index (χ4n) is 1.14. The maximum absolute atomic E-state index is 11.9. The molecule has 0 aliphatic heterocycles. The van der Waals surface area contributed by atoms with Crippen molar-refractivity contribution in [1.82, 2.24) is 0 Å². The first-order valence-electron chi connectivity index (χ1n) is 4.26. The third kappa shape index (κ3) is 3.41. The van der Waals surface area contributed by atoms with Crippen molar-refractivity contribution < 1.29 is 17.6 Å². The van der Waals surface area contributed by atoms with Crippen molar-refractivity contribution in [3.8, 4) is 0 Å². The Labute approximate surface area is 79.9 Å². The van der Waals surface area contributed by atoms with Crippen LogP contribution in [0, 0.1) is 6.92 Å². The summed E-state index contributed by atoms with van der Waals surface area (Å²) in [6.07, 6.45) is -3.71. The molecule has 1 rings (SSSR count). The Morgan fingerprint density at radius 2 is 2.14 bits per heavy atom. The number of halogens is 3. The molecule has 0 bridgehead atoms. The molecule has 1 aromatic heterocycles. The van der Waals surface area contributed by atoms with Crippen LogP contribution in [-0.2, 0) is 0 Å². The van der Waals surface area contributed by atoms with Crippen LogP contribution < -0.4 is 5.73 Å². The summed E-state index contributed by atoms with van der Waals surface area (Å²) in [6, 6.07) is 1.05. The fraction of sp³-hybridized carbons (Fsp3) is 0.556. The highest BCUT2D eigenvalue weighted by atomic mass is 19.4. The monoisotopic (exact) mass is 207 g/mol. The van der Waals surface area contributed by atoms with Gasteiger partial charge < -0.3 is 10.2 Å². The SMILES string of the molecule is Cc1cc(C(N)CCC(F)(F)F)co1. The largest absolute Gasteiger partial charge is 0.469 e. The summed E-state index contributed by atoms with van der Waals surface area (Å²) in [5, 5.41) is 0. The van der Waals surface area contributed by atoms with Crippen molar-refractivity contribution in [3.05, 3.63) is 23.7 Å². The zero-order valence-electron chi connectivity index (χ0n) is 7.77. The molecule has 1 atom stereocenters. The lowest BCUT2D eigenvalue weighted by atomic mass is 10.1. The van der Waals surface area contributed by atoms with Crippen molar-refractivity contribution >= 4 is 0 Å². The molecular formula is C9H12F3NO. The van der Waals surface area contributed by atoms with Crippen LogP contribution in [0.2, 0.25) is 0 Å². The molecule has 0 saturated heterocycles. The minimum Gasteiger partial charge on any atom is -0.469 e. The third-order valence-electron chi connectivity index (χ3n) is 1.92. The highest BCUT2D eigenvalue weighted by molar-refractivity contribution is 5.15. The molecule has 0 aliphatic carbocycles. The predicted molar refractivity (Wildman–Crippen MR) is 45.7 cm³/mol. The summed E-state index contributed by atoms with van der Waals surface area (Å²) >= 11 is 0. The van der Waals surface area contributed by atoms with Gasteiger partial charge in [0.15, 0.2) is 0 Å². The summed E-state index contributed by atoms with van der Waals surface area (Å²) in [5.74, 6) is 0.655. The van der Waals surface area contributed by atoms with E-state index in [1.165, 1.54) is 6.26 Å². The average molecular weight is 207 g/mol. The molecule has 0 fully saturated rings. The van der Waals surface area contributed by atoms with Gasteiger partial charge in [-0.3, -0.25) is 0 Å². The Kier molecular flexibility index (Phi) is 3.21. The number of hydrogen-bond donors (Lipinski definition) is 1.